The van der Waals surface area contributed by atoms with Gasteiger partial charge in [0, 0.05) is 26.1 Å². The van der Waals surface area contributed by atoms with Gasteiger partial charge < -0.3 is 15.5 Å². The topological polar surface area (TPSA) is 49.6 Å². The van der Waals surface area contributed by atoms with Gasteiger partial charge in [-0.05, 0) is 51.2 Å². The van der Waals surface area contributed by atoms with Crippen LogP contribution in [0.25, 0.3) is 0 Å². The Morgan fingerprint density at radius 1 is 1.47 bits per heavy atom. The third kappa shape index (κ3) is 5.49. The zero-order valence-electron chi connectivity index (χ0n) is 13.1. The van der Waals surface area contributed by atoms with Gasteiger partial charge >= 0.3 is 0 Å². The van der Waals surface area contributed by atoms with Crippen LogP contribution >= 0.6 is 0 Å². The Hall–Kier alpha value is -0.610. The molecule has 0 saturated carbocycles. The number of nitrogens with zero attached hydrogens (tertiary/aromatic N) is 2. The van der Waals surface area contributed by atoms with Crippen molar-refractivity contribution < 1.29 is 4.79 Å². The normalized spacial score (nSPS) is 22.5. The van der Waals surface area contributed by atoms with Crippen LogP contribution in [-0.4, -0.2) is 55.5 Å². The molecule has 1 saturated heterocycles. The molecular formula is C15H31N3O. The molecule has 0 radical (unpaired) electrons. The second-order valence-corrected chi connectivity index (χ2v) is 6.50. The first-order valence-corrected chi connectivity index (χ1v) is 7.58. The first-order chi connectivity index (χ1) is 8.93. The van der Waals surface area contributed by atoms with Gasteiger partial charge in [-0.25, -0.2) is 0 Å². The monoisotopic (exact) mass is 269 g/mol. The van der Waals surface area contributed by atoms with Crippen molar-refractivity contribution in [3.8, 4) is 0 Å². The number of carbonyl (C=O) groups excluding carboxylic acids is 1. The number of rotatable bonds is 6. The smallest absolute Gasteiger partial charge is 0.222 e. The van der Waals surface area contributed by atoms with Crippen LogP contribution in [0.2, 0.25) is 0 Å². The highest BCUT2D eigenvalue weighted by Crippen LogP contribution is 2.18. The number of nitrogens with two attached hydrogens (primary N) is 1. The van der Waals surface area contributed by atoms with E-state index in [2.05, 4.69) is 25.8 Å². The molecule has 1 unspecified atom stereocenters. The molecule has 4 nitrogen and oxygen atoms in total. The number of amides is 1. The first kappa shape index (κ1) is 16.4. The molecule has 4 heteroatoms. The Labute approximate surface area is 118 Å². The molecule has 1 aliphatic rings. The molecule has 19 heavy (non-hydrogen) atoms. The van der Waals surface area contributed by atoms with Crippen molar-refractivity contribution in [2.45, 2.75) is 45.6 Å². The van der Waals surface area contributed by atoms with Crippen molar-refractivity contribution >= 4 is 5.91 Å². The van der Waals surface area contributed by atoms with E-state index in [1.807, 2.05) is 11.9 Å². The van der Waals surface area contributed by atoms with E-state index in [4.69, 9.17) is 5.73 Å². The largest absolute Gasteiger partial charge is 0.341 e. The minimum Gasteiger partial charge on any atom is -0.341 e. The second-order valence-electron chi connectivity index (χ2n) is 6.50. The highest BCUT2D eigenvalue weighted by atomic mass is 16.2. The standard InChI is InChI=1S/C15H31N3O/c1-12(2)8-13(10-16)9-15(19)18(4)14-6-5-7-17(3)11-14/h12-14H,5-11,16H2,1-4H3/t13-,14?/m0/s1. The summed E-state index contributed by atoms with van der Waals surface area (Å²) in [7, 11) is 4.08. The Balaban J connectivity index is 2.46. The molecule has 0 aliphatic carbocycles. The van der Waals surface area contributed by atoms with Crippen molar-refractivity contribution in [1.82, 2.24) is 9.80 Å². The van der Waals surface area contributed by atoms with Gasteiger partial charge in [-0.15, -0.1) is 0 Å². The molecule has 0 aromatic heterocycles. The van der Waals surface area contributed by atoms with Gasteiger partial charge in [-0.1, -0.05) is 13.8 Å². The summed E-state index contributed by atoms with van der Waals surface area (Å²) < 4.78 is 0. The van der Waals surface area contributed by atoms with E-state index in [9.17, 15) is 4.79 Å². The van der Waals surface area contributed by atoms with Crippen LogP contribution in [-0.2, 0) is 4.79 Å². The van der Waals surface area contributed by atoms with E-state index in [1.165, 1.54) is 6.42 Å². The van der Waals surface area contributed by atoms with Gasteiger partial charge in [0.2, 0.25) is 5.91 Å². The number of carbonyl (C=O) groups is 1. The van der Waals surface area contributed by atoms with Crippen molar-refractivity contribution in [2.24, 2.45) is 17.6 Å². The molecule has 112 valence electrons. The molecule has 0 aromatic rings. The summed E-state index contributed by atoms with van der Waals surface area (Å²) in [5, 5.41) is 0. The molecule has 1 rings (SSSR count). The van der Waals surface area contributed by atoms with E-state index >= 15 is 0 Å². The first-order valence-electron chi connectivity index (χ1n) is 7.58. The van der Waals surface area contributed by atoms with Gasteiger partial charge in [-0.3, -0.25) is 4.79 Å². The van der Waals surface area contributed by atoms with E-state index in [0.29, 0.717) is 30.8 Å². The third-order valence-electron chi connectivity index (χ3n) is 4.14. The fourth-order valence-corrected chi connectivity index (χ4v) is 2.98. The van der Waals surface area contributed by atoms with Crippen LogP contribution in [0.15, 0.2) is 0 Å². The van der Waals surface area contributed by atoms with Gasteiger partial charge in [0.25, 0.3) is 0 Å². The lowest BCUT2D eigenvalue weighted by Gasteiger charge is -2.36. The summed E-state index contributed by atoms with van der Waals surface area (Å²) >= 11 is 0. The molecule has 1 aliphatic heterocycles. The number of hydrogen-bond donors (Lipinski definition) is 1. The second kappa shape index (κ2) is 7.85. The predicted octanol–water partition coefficient (Wildman–Crippen LogP) is 1.55. The van der Waals surface area contributed by atoms with E-state index < -0.39 is 0 Å². The van der Waals surface area contributed by atoms with Crippen molar-refractivity contribution in [1.29, 1.82) is 0 Å². The van der Waals surface area contributed by atoms with Crippen LogP contribution in [0.3, 0.4) is 0 Å². The average Bonchev–Trinajstić information content (AvgIpc) is 2.36. The summed E-state index contributed by atoms with van der Waals surface area (Å²) in [4.78, 5) is 16.6. The van der Waals surface area contributed by atoms with Crippen LogP contribution in [0, 0.1) is 11.8 Å². The lowest BCUT2D eigenvalue weighted by atomic mass is 9.93. The van der Waals surface area contributed by atoms with E-state index in [1.54, 1.807) is 0 Å². The lowest BCUT2D eigenvalue weighted by molar-refractivity contribution is -0.134. The van der Waals surface area contributed by atoms with Crippen LogP contribution in [0.4, 0.5) is 0 Å². The Kier molecular flexibility index (Phi) is 6.80. The minimum atomic E-state index is 0.261. The summed E-state index contributed by atoms with van der Waals surface area (Å²) in [6.07, 6.45) is 3.96. The molecule has 2 atom stereocenters. The Morgan fingerprint density at radius 3 is 2.68 bits per heavy atom. The summed E-state index contributed by atoms with van der Waals surface area (Å²) in [6.45, 7) is 7.14. The molecule has 1 amide bonds. The number of piperidine rings is 1. The van der Waals surface area contributed by atoms with Gasteiger partial charge in [0.15, 0.2) is 0 Å². The summed E-state index contributed by atoms with van der Waals surface area (Å²) in [5.41, 5.74) is 5.79. The highest BCUT2D eigenvalue weighted by Gasteiger charge is 2.25. The third-order valence-corrected chi connectivity index (χ3v) is 4.14. The Bertz CT molecular complexity index is 281. The fraction of sp³-hybridized carbons (Fsp3) is 0.933. The zero-order valence-corrected chi connectivity index (χ0v) is 13.1. The average molecular weight is 269 g/mol. The van der Waals surface area contributed by atoms with Gasteiger partial charge in [-0.2, -0.15) is 0 Å². The maximum absolute atomic E-state index is 12.4. The van der Waals surface area contributed by atoms with E-state index in [0.717, 1.165) is 25.9 Å². The van der Waals surface area contributed by atoms with E-state index in [-0.39, 0.29) is 5.91 Å². The maximum Gasteiger partial charge on any atom is 0.222 e. The predicted molar refractivity (Wildman–Crippen MR) is 79.9 cm³/mol. The summed E-state index contributed by atoms with van der Waals surface area (Å²) in [5.74, 6) is 1.19. The van der Waals surface area contributed by atoms with Crippen molar-refractivity contribution in [2.75, 3.05) is 33.7 Å². The van der Waals surface area contributed by atoms with Crippen LogP contribution in [0.1, 0.15) is 39.5 Å². The molecule has 1 fully saturated rings. The molecule has 0 bridgehead atoms. The number of hydrogen-bond acceptors (Lipinski definition) is 3. The molecule has 1 heterocycles. The molecule has 0 spiro atoms. The number of likely N-dealkylation sites (tertiary alicyclic amines) is 1. The highest BCUT2D eigenvalue weighted by molar-refractivity contribution is 5.76. The quantitative estimate of drug-likeness (QED) is 0.796. The van der Waals surface area contributed by atoms with Crippen LogP contribution < -0.4 is 5.73 Å². The Morgan fingerprint density at radius 2 is 2.16 bits per heavy atom. The zero-order chi connectivity index (χ0) is 14.4. The molecule has 2 N–H and O–H groups in total. The summed E-state index contributed by atoms with van der Waals surface area (Å²) in [6, 6.07) is 0.378. The fourth-order valence-electron chi connectivity index (χ4n) is 2.98. The minimum absolute atomic E-state index is 0.261. The molecular weight excluding hydrogens is 238 g/mol. The van der Waals surface area contributed by atoms with Gasteiger partial charge in [0.1, 0.15) is 0 Å². The van der Waals surface area contributed by atoms with Crippen molar-refractivity contribution in [3.63, 3.8) is 0 Å². The number of likely N-dealkylation sites (N-methyl/N-ethyl adjacent to an activating group) is 2. The van der Waals surface area contributed by atoms with Gasteiger partial charge in [0.05, 0.1) is 0 Å². The SMILES string of the molecule is CC(C)C[C@H](CN)CC(=O)N(C)C1CCCN(C)C1. The molecule has 0 aromatic carbocycles. The van der Waals surface area contributed by atoms with Crippen LogP contribution in [0.5, 0.6) is 0 Å². The maximum atomic E-state index is 12.4. The lowest BCUT2D eigenvalue weighted by Crippen LogP contribution is -2.47. The van der Waals surface area contributed by atoms with Crippen molar-refractivity contribution in [3.05, 3.63) is 0 Å².